The lowest BCUT2D eigenvalue weighted by Crippen LogP contribution is -2.55. The van der Waals surface area contributed by atoms with Crippen LogP contribution >= 0.6 is 0 Å². The van der Waals surface area contributed by atoms with Crippen LogP contribution in [0.2, 0.25) is 0 Å². The Balaban J connectivity index is 1.94. The molecular formula is C13H20N2O2. The molecule has 2 unspecified atom stereocenters. The zero-order chi connectivity index (χ0) is 12.4. The van der Waals surface area contributed by atoms with Gasteiger partial charge in [-0.15, -0.1) is 0 Å². The molecule has 2 atom stereocenters. The van der Waals surface area contributed by atoms with E-state index in [4.69, 9.17) is 4.42 Å². The van der Waals surface area contributed by atoms with Crippen molar-refractivity contribution >= 4 is 5.78 Å². The summed E-state index contributed by atoms with van der Waals surface area (Å²) in [7, 11) is 2.14. The Hall–Kier alpha value is -1.13. The van der Waals surface area contributed by atoms with E-state index in [0.29, 0.717) is 24.4 Å². The van der Waals surface area contributed by atoms with Crippen molar-refractivity contribution in [3.63, 3.8) is 0 Å². The average molecular weight is 236 g/mol. The van der Waals surface area contributed by atoms with E-state index in [0.717, 1.165) is 13.1 Å². The van der Waals surface area contributed by atoms with E-state index in [1.165, 1.54) is 0 Å². The molecule has 0 spiro atoms. The third-order valence-corrected chi connectivity index (χ3v) is 3.60. The molecule has 0 N–H and O–H groups in total. The van der Waals surface area contributed by atoms with Gasteiger partial charge in [0.25, 0.3) is 0 Å². The maximum Gasteiger partial charge on any atom is 0.211 e. The Morgan fingerprint density at radius 3 is 2.59 bits per heavy atom. The van der Waals surface area contributed by atoms with E-state index in [-0.39, 0.29) is 5.78 Å². The highest BCUT2D eigenvalue weighted by atomic mass is 16.3. The van der Waals surface area contributed by atoms with Gasteiger partial charge in [-0.3, -0.25) is 14.6 Å². The molecule has 2 rings (SSSR count). The number of ketones is 1. The fourth-order valence-electron chi connectivity index (χ4n) is 2.36. The summed E-state index contributed by atoms with van der Waals surface area (Å²) in [5, 5.41) is 0. The summed E-state index contributed by atoms with van der Waals surface area (Å²) in [5.74, 6) is 0.531. The van der Waals surface area contributed by atoms with Crippen molar-refractivity contribution in [3.05, 3.63) is 24.2 Å². The Morgan fingerprint density at radius 2 is 2.06 bits per heavy atom. The van der Waals surface area contributed by atoms with Gasteiger partial charge in [-0.05, 0) is 33.0 Å². The number of piperazine rings is 1. The molecular weight excluding hydrogens is 216 g/mol. The van der Waals surface area contributed by atoms with Gasteiger partial charge in [0.2, 0.25) is 5.78 Å². The zero-order valence-corrected chi connectivity index (χ0v) is 10.7. The number of carbonyl (C=O) groups excluding carboxylic acids is 1. The van der Waals surface area contributed by atoms with Crippen molar-refractivity contribution in [1.29, 1.82) is 0 Å². The number of hydrogen-bond donors (Lipinski definition) is 0. The van der Waals surface area contributed by atoms with Gasteiger partial charge >= 0.3 is 0 Å². The second-order valence-corrected chi connectivity index (χ2v) is 4.96. The lowest BCUT2D eigenvalue weighted by Gasteiger charge is -2.42. The fourth-order valence-corrected chi connectivity index (χ4v) is 2.36. The standard InChI is InChI=1S/C13H20N2O2/c1-10-7-15(8-11(2)14(10)3)9-12(16)13-5-4-6-17-13/h4-6,10-11H,7-9H2,1-3H3. The summed E-state index contributed by atoms with van der Waals surface area (Å²) < 4.78 is 5.12. The van der Waals surface area contributed by atoms with E-state index >= 15 is 0 Å². The van der Waals surface area contributed by atoms with E-state index in [1.807, 2.05) is 0 Å². The summed E-state index contributed by atoms with van der Waals surface area (Å²) in [6, 6.07) is 4.46. The Bertz CT molecular complexity index is 363. The third-order valence-electron chi connectivity index (χ3n) is 3.60. The minimum absolute atomic E-state index is 0.0685. The SMILES string of the molecule is CC1CN(CC(=O)c2ccco2)CC(C)N1C. The van der Waals surface area contributed by atoms with Crippen LogP contribution in [0.25, 0.3) is 0 Å². The first kappa shape index (κ1) is 12.3. The van der Waals surface area contributed by atoms with Crippen LogP contribution in [0.3, 0.4) is 0 Å². The van der Waals surface area contributed by atoms with Gasteiger partial charge in [-0.25, -0.2) is 0 Å². The highest BCUT2D eigenvalue weighted by molar-refractivity contribution is 5.95. The monoisotopic (exact) mass is 236 g/mol. The predicted molar refractivity (Wildman–Crippen MR) is 66.2 cm³/mol. The van der Waals surface area contributed by atoms with Gasteiger partial charge in [0.1, 0.15) is 0 Å². The molecule has 0 amide bonds. The van der Waals surface area contributed by atoms with E-state index in [1.54, 1.807) is 18.4 Å². The largest absolute Gasteiger partial charge is 0.461 e. The molecule has 0 aliphatic carbocycles. The van der Waals surface area contributed by atoms with E-state index < -0.39 is 0 Å². The van der Waals surface area contributed by atoms with Crippen LogP contribution in [0.5, 0.6) is 0 Å². The molecule has 1 aromatic heterocycles. The van der Waals surface area contributed by atoms with Crippen LogP contribution in [0, 0.1) is 0 Å². The van der Waals surface area contributed by atoms with Crippen molar-refractivity contribution in [2.45, 2.75) is 25.9 Å². The topological polar surface area (TPSA) is 36.7 Å². The first-order valence-corrected chi connectivity index (χ1v) is 6.09. The van der Waals surface area contributed by atoms with E-state index in [9.17, 15) is 4.79 Å². The molecule has 17 heavy (non-hydrogen) atoms. The number of furan rings is 1. The second kappa shape index (κ2) is 5.02. The van der Waals surface area contributed by atoms with Crippen molar-refractivity contribution in [3.8, 4) is 0 Å². The molecule has 1 aliphatic rings. The third kappa shape index (κ3) is 2.76. The van der Waals surface area contributed by atoms with Crippen molar-refractivity contribution < 1.29 is 9.21 Å². The lowest BCUT2D eigenvalue weighted by atomic mass is 10.1. The predicted octanol–water partition coefficient (Wildman–Crippen LogP) is 1.49. The summed E-state index contributed by atoms with van der Waals surface area (Å²) in [5.41, 5.74) is 0. The number of hydrogen-bond acceptors (Lipinski definition) is 4. The summed E-state index contributed by atoms with van der Waals surface area (Å²) in [4.78, 5) is 16.5. The molecule has 0 bridgehead atoms. The number of carbonyl (C=O) groups is 1. The molecule has 4 nitrogen and oxygen atoms in total. The minimum atomic E-state index is 0.0685. The van der Waals surface area contributed by atoms with Crippen molar-refractivity contribution in [2.24, 2.45) is 0 Å². The Labute approximate surface area is 102 Å². The first-order chi connectivity index (χ1) is 8.08. The zero-order valence-electron chi connectivity index (χ0n) is 10.7. The maximum atomic E-state index is 11.9. The molecule has 0 aromatic carbocycles. The quantitative estimate of drug-likeness (QED) is 0.745. The maximum absolute atomic E-state index is 11.9. The van der Waals surface area contributed by atoms with Gasteiger partial charge in [0.15, 0.2) is 5.76 Å². The van der Waals surface area contributed by atoms with Crippen LogP contribution in [0.1, 0.15) is 24.4 Å². The summed E-state index contributed by atoms with van der Waals surface area (Å²) >= 11 is 0. The van der Waals surface area contributed by atoms with Gasteiger partial charge in [0, 0.05) is 25.2 Å². The van der Waals surface area contributed by atoms with Crippen LogP contribution in [-0.4, -0.2) is 54.3 Å². The molecule has 1 aromatic rings. The fraction of sp³-hybridized carbons (Fsp3) is 0.615. The van der Waals surface area contributed by atoms with Crippen LogP contribution in [0.15, 0.2) is 22.8 Å². The Kier molecular flexibility index (Phi) is 3.64. The van der Waals surface area contributed by atoms with Crippen molar-refractivity contribution in [2.75, 3.05) is 26.7 Å². The highest BCUT2D eigenvalue weighted by Gasteiger charge is 2.27. The molecule has 1 fully saturated rings. The smallest absolute Gasteiger partial charge is 0.211 e. The molecule has 0 saturated carbocycles. The van der Waals surface area contributed by atoms with Crippen LogP contribution in [0.4, 0.5) is 0 Å². The highest BCUT2D eigenvalue weighted by Crippen LogP contribution is 2.14. The minimum Gasteiger partial charge on any atom is -0.461 e. The normalized spacial score (nSPS) is 27.2. The van der Waals surface area contributed by atoms with Gasteiger partial charge in [-0.2, -0.15) is 0 Å². The molecule has 1 aliphatic heterocycles. The van der Waals surface area contributed by atoms with Gasteiger partial charge in [0.05, 0.1) is 12.8 Å². The number of rotatable bonds is 3. The van der Waals surface area contributed by atoms with Crippen molar-refractivity contribution in [1.82, 2.24) is 9.80 Å². The number of nitrogens with zero attached hydrogens (tertiary/aromatic N) is 2. The molecule has 0 radical (unpaired) electrons. The summed E-state index contributed by atoms with van der Waals surface area (Å²) in [6.07, 6.45) is 1.54. The van der Waals surface area contributed by atoms with Gasteiger partial charge in [-0.1, -0.05) is 0 Å². The number of Topliss-reactive ketones (excluding diaryl/α,β-unsaturated/α-hetero) is 1. The lowest BCUT2D eigenvalue weighted by molar-refractivity contribution is 0.0538. The second-order valence-electron chi connectivity index (χ2n) is 4.96. The Morgan fingerprint density at radius 1 is 1.41 bits per heavy atom. The van der Waals surface area contributed by atoms with Crippen LogP contribution < -0.4 is 0 Å². The molecule has 1 saturated heterocycles. The molecule has 4 heteroatoms. The summed E-state index contributed by atoms with van der Waals surface area (Å²) in [6.45, 7) is 6.72. The first-order valence-electron chi connectivity index (χ1n) is 6.09. The average Bonchev–Trinajstić information content (AvgIpc) is 2.79. The van der Waals surface area contributed by atoms with E-state index in [2.05, 4.69) is 30.7 Å². The van der Waals surface area contributed by atoms with Gasteiger partial charge < -0.3 is 4.42 Å². The molecule has 2 heterocycles. The number of likely N-dealkylation sites (N-methyl/N-ethyl adjacent to an activating group) is 1. The molecule has 94 valence electrons. The van der Waals surface area contributed by atoms with Crippen LogP contribution in [-0.2, 0) is 0 Å².